The van der Waals surface area contributed by atoms with Gasteiger partial charge in [0.05, 0.1) is 0 Å². The van der Waals surface area contributed by atoms with E-state index in [0.29, 0.717) is 5.92 Å². The first kappa shape index (κ1) is 11.1. The van der Waals surface area contributed by atoms with Crippen LogP contribution in [0.15, 0.2) is 35.0 Å². The van der Waals surface area contributed by atoms with E-state index >= 15 is 0 Å². The first-order chi connectivity index (χ1) is 7.58. The molecule has 0 radical (unpaired) electrons. The minimum Gasteiger partial charge on any atom is -0.258 e. The quantitative estimate of drug-likeness (QED) is 0.621. The molecule has 0 aliphatic carbocycles. The van der Waals surface area contributed by atoms with Crippen LogP contribution in [-0.4, -0.2) is 5.71 Å². The van der Waals surface area contributed by atoms with E-state index in [2.05, 4.69) is 18.0 Å². The summed E-state index contributed by atoms with van der Waals surface area (Å²) in [6, 6.07) is 4.99. The van der Waals surface area contributed by atoms with Crippen molar-refractivity contribution in [2.45, 2.75) is 33.1 Å². The fourth-order valence-electron chi connectivity index (χ4n) is 2.12. The third-order valence-corrected chi connectivity index (χ3v) is 3.05. The van der Waals surface area contributed by atoms with E-state index in [1.54, 1.807) is 6.07 Å². The van der Waals surface area contributed by atoms with Crippen LogP contribution in [0.1, 0.15) is 44.2 Å². The highest BCUT2D eigenvalue weighted by atomic mass is 19.1. The van der Waals surface area contributed by atoms with Gasteiger partial charge in [-0.05, 0) is 43.9 Å². The summed E-state index contributed by atoms with van der Waals surface area (Å²) >= 11 is 0. The number of fused-ring (bicyclic) bond motifs is 1. The maximum absolute atomic E-state index is 13.3. The molecule has 16 heavy (non-hydrogen) atoms. The van der Waals surface area contributed by atoms with Crippen LogP contribution in [0.3, 0.4) is 0 Å². The maximum atomic E-state index is 13.3. The van der Waals surface area contributed by atoms with E-state index in [9.17, 15) is 4.39 Å². The van der Waals surface area contributed by atoms with Crippen molar-refractivity contribution in [3.63, 3.8) is 0 Å². The van der Waals surface area contributed by atoms with Gasteiger partial charge in [-0.3, -0.25) is 4.99 Å². The lowest BCUT2D eigenvalue weighted by Gasteiger charge is -2.18. The van der Waals surface area contributed by atoms with E-state index in [-0.39, 0.29) is 5.82 Å². The second kappa shape index (κ2) is 4.20. The zero-order valence-electron chi connectivity index (χ0n) is 9.92. The molecule has 0 aromatic heterocycles. The molecule has 1 aromatic carbocycles. The lowest BCUT2D eigenvalue weighted by Crippen LogP contribution is -2.07. The van der Waals surface area contributed by atoms with Crippen molar-refractivity contribution in [1.82, 2.24) is 0 Å². The summed E-state index contributed by atoms with van der Waals surface area (Å²) in [7, 11) is 0. The monoisotopic (exact) mass is 217 g/mol. The zero-order valence-corrected chi connectivity index (χ0v) is 9.92. The summed E-state index contributed by atoms with van der Waals surface area (Å²) in [5, 5.41) is 0. The predicted molar refractivity (Wildman–Crippen MR) is 65.4 cm³/mol. The Morgan fingerprint density at radius 3 is 2.81 bits per heavy atom. The molecule has 0 N–H and O–H groups in total. The van der Waals surface area contributed by atoms with Gasteiger partial charge in [0.2, 0.25) is 0 Å². The molecule has 1 nitrogen and oxygen atoms in total. The average Bonchev–Trinajstić information content (AvgIpc) is 2.24. The molecule has 1 aliphatic rings. The molecule has 84 valence electrons. The number of hydrogen-bond acceptors (Lipinski definition) is 1. The van der Waals surface area contributed by atoms with Gasteiger partial charge in [0.1, 0.15) is 5.82 Å². The van der Waals surface area contributed by atoms with Gasteiger partial charge >= 0.3 is 0 Å². The second-order valence-corrected chi connectivity index (χ2v) is 4.41. The zero-order chi connectivity index (χ0) is 11.7. The molecule has 1 aromatic rings. The Labute approximate surface area is 95.7 Å². The minimum atomic E-state index is -0.192. The SMILES string of the molecule is CC1=N/C(C)=C/CC(C)c2ccc(F)cc21. The third kappa shape index (κ3) is 2.06. The summed E-state index contributed by atoms with van der Waals surface area (Å²) < 4.78 is 13.3. The van der Waals surface area contributed by atoms with Crippen LogP contribution in [-0.2, 0) is 0 Å². The molecule has 1 atom stereocenters. The van der Waals surface area contributed by atoms with Gasteiger partial charge in [-0.2, -0.15) is 0 Å². The van der Waals surface area contributed by atoms with Crippen LogP contribution in [0.4, 0.5) is 4.39 Å². The Balaban J connectivity index is 2.61. The van der Waals surface area contributed by atoms with Crippen LogP contribution < -0.4 is 0 Å². The van der Waals surface area contributed by atoms with Gasteiger partial charge in [0.25, 0.3) is 0 Å². The van der Waals surface area contributed by atoms with Crippen molar-refractivity contribution < 1.29 is 4.39 Å². The molecule has 0 spiro atoms. The van der Waals surface area contributed by atoms with Crippen molar-refractivity contribution in [1.29, 1.82) is 0 Å². The van der Waals surface area contributed by atoms with Crippen molar-refractivity contribution in [3.05, 3.63) is 46.9 Å². The largest absolute Gasteiger partial charge is 0.258 e. The Kier molecular flexibility index (Phi) is 2.90. The minimum absolute atomic E-state index is 0.192. The Bertz CT molecular complexity index is 472. The number of aliphatic imine (C=N–C) groups is 1. The van der Waals surface area contributed by atoms with Crippen LogP contribution in [0.25, 0.3) is 0 Å². The van der Waals surface area contributed by atoms with E-state index in [1.807, 2.05) is 19.9 Å². The normalized spacial score (nSPS) is 23.6. The van der Waals surface area contributed by atoms with E-state index in [0.717, 1.165) is 23.4 Å². The first-order valence-electron chi connectivity index (χ1n) is 5.60. The number of benzene rings is 1. The summed E-state index contributed by atoms with van der Waals surface area (Å²) in [5.41, 5.74) is 4.04. The predicted octanol–water partition coefficient (Wildman–Crippen LogP) is 4.05. The molecule has 0 bridgehead atoms. The number of halogens is 1. The molecule has 0 fully saturated rings. The Morgan fingerprint density at radius 1 is 1.31 bits per heavy atom. The molecular weight excluding hydrogens is 201 g/mol. The molecule has 0 amide bonds. The Morgan fingerprint density at radius 2 is 2.06 bits per heavy atom. The van der Waals surface area contributed by atoms with Crippen molar-refractivity contribution in [2.24, 2.45) is 4.99 Å². The van der Waals surface area contributed by atoms with Gasteiger partial charge in [0, 0.05) is 17.0 Å². The summed E-state index contributed by atoms with van der Waals surface area (Å²) in [6.45, 7) is 6.09. The average molecular weight is 217 g/mol. The smallest absolute Gasteiger partial charge is 0.123 e. The van der Waals surface area contributed by atoms with Gasteiger partial charge < -0.3 is 0 Å². The molecular formula is C14H16FN. The molecule has 1 aliphatic heterocycles. The highest BCUT2D eigenvalue weighted by Crippen LogP contribution is 2.27. The van der Waals surface area contributed by atoms with E-state index in [1.165, 1.54) is 11.6 Å². The van der Waals surface area contributed by atoms with Crippen molar-refractivity contribution >= 4 is 5.71 Å². The Hall–Kier alpha value is -1.44. The number of allylic oxidation sites excluding steroid dienone is 2. The third-order valence-electron chi connectivity index (χ3n) is 3.05. The molecule has 1 heterocycles. The van der Waals surface area contributed by atoms with Crippen molar-refractivity contribution in [3.8, 4) is 0 Å². The van der Waals surface area contributed by atoms with Gasteiger partial charge in [-0.25, -0.2) is 4.39 Å². The van der Waals surface area contributed by atoms with E-state index in [4.69, 9.17) is 0 Å². The molecule has 2 heteroatoms. The number of hydrogen-bond donors (Lipinski definition) is 0. The van der Waals surface area contributed by atoms with Crippen molar-refractivity contribution in [2.75, 3.05) is 0 Å². The lowest BCUT2D eigenvalue weighted by molar-refractivity contribution is 0.625. The van der Waals surface area contributed by atoms with Crippen LogP contribution >= 0.6 is 0 Å². The van der Waals surface area contributed by atoms with Crippen LogP contribution in [0.2, 0.25) is 0 Å². The fraction of sp³-hybridized carbons (Fsp3) is 0.357. The summed E-state index contributed by atoms with van der Waals surface area (Å²) in [4.78, 5) is 4.46. The standard InChI is InChI=1S/C14H16FN/c1-9-4-5-10(2)16-11(3)14-8-12(15)6-7-13(9)14/h5-9H,4H2,1-3H3/b10-5+,16-11?. The maximum Gasteiger partial charge on any atom is 0.123 e. The van der Waals surface area contributed by atoms with Crippen LogP contribution in [0.5, 0.6) is 0 Å². The fourth-order valence-corrected chi connectivity index (χ4v) is 2.12. The van der Waals surface area contributed by atoms with Gasteiger partial charge in [-0.15, -0.1) is 0 Å². The van der Waals surface area contributed by atoms with Gasteiger partial charge in [-0.1, -0.05) is 19.1 Å². The molecule has 0 saturated carbocycles. The van der Waals surface area contributed by atoms with Gasteiger partial charge in [0.15, 0.2) is 0 Å². The molecule has 1 unspecified atom stereocenters. The summed E-state index contributed by atoms with van der Waals surface area (Å²) in [6.07, 6.45) is 3.10. The summed E-state index contributed by atoms with van der Waals surface area (Å²) in [5.74, 6) is 0.221. The second-order valence-electron chi connectivity index (χ2n) is 4.41. The molecule has 2 rings (SSSR count). The van der Waals surface area contributed by atoms with Crippen LogP contribution in [0, 0.1) is 5.82 Å². The lowest BCUT2D eigenvalue weighted by atomic mass is 9.90. The first-order valence-corrected chi connectivity index (χ1v) is 5.60. The highest BCUT2D eigenvalue weighted by molar-refractivity contribution is 6.00. The number of nitrogens with zero attached hydrogens (tertiary/aromatic N) is 1. The molecule has 0 saturated heterocycles. The topological polar surface area (TPSA) is 12.4 Å². The number of rotatable bonds is 0. The highest BCUT2D eigenvalue weighted by Gasteiger charge is 2.14. The van der Waals surface area contributed by atoms with E-state index < -0.39 is 0 Å².